The van der Waals surface area contributed by atoms with Crippen LogP contribution in [0.25, 0.3) is 0 Å². The minimum Gasteiger partial charge on any atom is -0.427 e. The Morgan fingerprint density at radius 2 is 1.08 bits per heavy atom. The molecule has 1 aromatic rings. The number of hydrogen-bond acceptors (Lipinski definition) is 3. The monoisotopic (exact) mass is 609 g/mol. The topological polar surface area (TPSA) is 52.3 Å². The van der Waals surface area contributed by atoms with Crippen molar-refractivity contribution in [3.63, 3.8) is 0 Å². The largest absolute Gasteiger partial charge is 0.427 e. The van der Waals surface area contributed by atoms with Crippen LogP contribution in [-0.4, -0.2) is 11.5 Å². The molecule has 39 heavy (non-hydrogen) atoms. The van der Waals surface area contributed by atoms with Gasteiger partial charge in [-0.15, -0.1) is 17.0 Å². The molecule has 4 heteroatoms. The van der Waals surface area contributed by atoms with Gasteiger partial charge in [0.25, 0.3) is 0 Å². The molecule has 228 valence electrons. The molecule has 0 fully saturated rings. The van der Waals surface area contributed by atoms with Crippen LogP contribution >= 0.6 is 17.0 Å². The SMILES string of the molecule is Br.CCCCCCCCCCCCCCCCC(CCCCCCC(=O)Oc1ccccc1)C(N)(CC)CC. The maximum Gasteiger partial charge on any atom is 0.311 e. The molecule has 1 unspecified atom stereocenters. The zero-order valence-electron chi connectivity index (χ0n) is 26.0. The number of carbonyl (C=O) groups excluding carboxylic acids is 1. The number of nitrogens with two attached hydrogens (primary N) is 1. The highest BCUT2D eigenvalue weighted by molar-refractivity contribution is 8.93. The van der Waals surface area contributed by atoms with Gasteiger partial charge in [0.05, 0.1) is 0 Å². The Balaban J connectivity index is 0.0000144. The highest BCUT2D eigenvalue weighted by atomic mass is 79.9. The summed E-state index contributed by atoms with van der Waals surface area (Å²) in [5.74, 6) is 1.14. The molecule has 0 aliphatic heterocycles. The van der Waals surface area contributed by atoms with Crippen LogP contribution in [-0.2, 0) is 4.79 Å². The Labute approximate surface area is 253 Å². The lowest BCUT2D eigenvalue weighted by atomic mass is 9.75. The van der Waals surface area contributed by atoms with Crippen LogP contribution in [0.15, 0.2) is 30.3 Å². The zero-order valence-corrected chi connectivity index (χ0v) is 27.7. The number of esters is 1. The summed E-state index contributed by atoms with van der Waals surface area (Å²) < 4.78 is 5.39. The second-order valence-corrected chi connectivity index (χ2v) is 11.8. The number of unbranched alkanes of at least 4 members (excludes halogenated alkanes) is 16. The molecule has 0 aromatic heterocycles. The molecule has 0 saturated heterocycles. The summed E-state index contributed by atoms with van der Waals surface area (Å²) in [5, 5.41) is 0. The van der Waals surface area contributed by atoms with Crippen LogP contribution in [0.3, 0.4) is 0 Å². The average molecular weight is 611 g/mol. The average Bonchev–Trinajstić information content (AvgIpc) is 2.94. The predicted molar refractivity (Wildman–Crippen MR) is 176 cm³/mol. The summed E-state index contributed by atoms with van der Waals surface area (Å²) in [4.78, 5) is 12.0. The molecular formula is C35H64BrNO2. The van der Waals surface area contributed by atoms with Crippen molar-refractivity contribution in [1.29, 1.82) is 0 Å². The molecule has 0 bridgehead atoms. The van der Waals surface area contributed by atoms with Gasteiger partial charge in [-0.25, -0.2) is 0 Å². The van der Waals surface area contributed by atoms with Gasteiger partial charge >= 0.3 is 5.97 Å². The second kappa shape index (κ2) is 26.1. The van der Waals surface area contributed by atoms with E-state index in [1.807, 2.05) is 30.3 Å². The fourth-order valence-electron chi connectivity index (χ4n) is 5.82. The molecule has 0 aliphatic rings. The number of ether oxygens (including phenoxy) is 1. The first kappa shape index (κ1) is 38.1. The van der Waals surface area contributed by atoms with Gasteiger partial charge < -0.3 is 10.5 Å². The molecule has 1 rings (SSSR count). The van der Waals surface area contributed by atoms with E-state index in [0.29, 0.717) is 18.1 Å². The first-order valence-corrected chi connectivity index (χ1v) is 16.6. The minimum atomic E-state index is -0.121. The third kappa shape index (κ3) is 19.8. The van der Waals surface area contributed by atoms with Gasteiger partial charge in [0.1, 0.15) is 5.75 Å². The van der Waals surface area contributed by atoms with Gasteiger partial charge in [0.2, 0.25) is 0 Å². The maximum atomic E-state index is 12.0. The molecule has 0 heterocycles. The summed E-state index contributed by atoms with van der Waals surface area (Å²) in [5.41, 5.74) is 6.87. The van der Waals surface area contributed by atoms with Gasteiger partial charge in [0.15, 0.2) is 0 Å². The summed E-state index contributed by atoms with van der Waals surface area (Å²) in [7, 11) is 0. The molecule has 3 nitrogen and oxygen atoms in total. The quantitative estimate of drug-likeness (QED) is 0.0645. The van der Waals surface area contributed by atoms with Crippen LogP contribution in [0.1, 0.15) is 168 Å². The molecule has 1 aromatic carbocycles. The predicted octanol–water partition coefficient (Wildman–Crippen LogP) is 11.5. The summed E-state index contributed by atoms with van der Waals surface area (Å²) in [6.07, 6.45) is 29.3. The Kier molecular flexibility index (Phi) is 25.5. The van der Waals surface area contributed by atoms with Crippen molar-refractivity contribution >= 4 is 23.0 Å². The fraction of sp³-hybridized carbons (Fsp3) is 0.800. The van der Waals surface area contributed by atoms with E-state index in [0.717, 1.165) is 25.7 Å². The van der Waals surface area contributed by atoms with Crippen molar-refractivity contribution in [2.24, 2.45) is 11.7 Å². The van der Waals surface area contributed by atoms with Crippen LogP contribution in [0.4, 0.5) is 0 Å². The van der Waals surface area contributed by atoms with Crippen LogP contribution < -0.4 is 10.5 Å². The van der Waals surface area contributed by atoms with E-state index >= 15 is 0 Å². The molecular weight excluding hydrogens is 546 g/mol. The van der Waals surface area contributed by atoms with E-state index < -0.39 is 0 Å². The molecule has 0 saturated carbocycles. The first-order chi connectivity index (χ1) is 18.6. The van der Waals surface area contributed by atoms with Crippen LogP contribution in [0, 0.1) is 5.92 Å². The van der Waals surface area contributed by atoms with Crippen molar-refractivity contribution < 1.29 is 9.53 Å². The lowest BCUT2D eigenvalue weighted by Gasteiger charge is -2.36. The lowest BCUT2D eigenvalue weighted by Crippen LogP contribution is -2.46. The van der Waals surface area contributed by atoms with E-state index in [9.17, 15) is 4.79 Å². The van der Waals surface area contributed by atoms with Crippen molar-refractivity contribution in [1.82, 2.24) is 0 Å². The smallest absolute Gasteiger partial charge is 0.311 e. The second-order valence-electron chi connectivity index (χ2n) is 11.8. The highest BCUT2D eigenvalue weighted by Crippen LogP contribution is 2.32. The van der Waals surface area contributed by atoms with Gasteiger partial charge in [-0.3, -0.25) is 4.79 Å². The Bertz CT molecular complexity index is 662. The van der Waals surface area contributed by atoms with E-state index in [1.165, 1.54) is 116 Å². The van der Waals surface area contributed by atoms with Crippen LogP contribution in [0.2, 0.25) is 0 Å². The highest BCUT2D eigenvalue weighted by Gasteiger charge is 2.30. The van der Waals surface area contributed by atoms with Gasteiger partial charge in [-0.2, -0.15) is 0 Å². The van der Waals surface area contributed by atoms with Crippen LogP contribution in [0.5, 0.6) is 5.75 Å². The number of halogens is 1. The van der Waals surface area contributed by atoms with Crippen molar-refractivity contribution in [3.8, 4) is 5.75 Å². The lowest BCUT2D eigenvalue weighted by molar-refractivity contribution is -0.134. The summed E-state index contributed by atoms with van der Waals surface area (Å²) >= 11 is 0. The number of carbonyl (C=O) groups is 1. The standard InChI is InChI=1S/C35H63NO2.BrH/c1-4-7-8-9-10-11-12-13-14-15-16-17-18-22-27-32(35(36,5-2)6-3)28-23-19-20-26-31-34(37)38-33-29-24-21-25-30-33;/h21,24-25,29-30,32H,4-20,22-23,26-28,31,36H2,1-3H3;1H. The molecule has 2 N–H and O–H groups in total. The molecule has 1 atom stereocenters. The fourth-order valence-corrected chi connectivity index (χ4v) is 5.82. The number of hydrogen-bond donors (Lipinski definition) is 1. The third-order valence-electron chi connectivity index (χ3n) is 8.69. The normalized spacial score (nSPS) is 12.2. The van der Waals surface area contributed by atoms with Crippen molar-refractivity contribution in [2.45, 2.75) is 174 Å². The number of rotatable bonds is 26. The zero-order chi connectivity index (χ0) is 27.7. The van der Waals surface area contributed by atoms with E-state index in [2.05, 4.69) is 20.8 Å². The van der Waals surface area contributed by atoms with E-state index in [-0.39, 0.29) is 28.5 Å². The van der Waals surface area contributed by atoms with Gasteiger partial charge in [-0.05, 0) is 50.2 Å². The Morgan fingerprint density at radius 1 is 0.667 bits per heavy atom. The number of benzene rings is 1. The molecule has 0 aliphatic carbocycles. The molecule has 0 radical (unpaired) electrons. The first-order valence-electron chi connectivity index (χ1n) is 16.6. The van der Waals surface area contributed by atoms with Crippen molar-refractivity contribution in [3.05, 3.63) is 30.3 Å². The Morgan fingerprint density at radius 3 is 1.51 bits per heavy atom. The maximum absolute atomic E-state index is 12.0. The van der Waals surface area contributed by atoms with E-state index in [1.54, 1.807) is 0 Å². The summed E-state index contributed by atoms with van der Waals surface area (Å²) in [6.45, 7) is 6.82. The number of para-hydroxylation sites is 1. The third-order valence-corrected chi connectivity index (χ3v) is 8.69. The molecule has 0 amide bonds. The van der Waals surface area contributed by atoms with Gasteiger partial charge in [0, 0.05) is 12.0 Å². The minimum absolute atomic E-state index is 0. The van der Waals surface area contributed by atoms with Crippen molar-refractivity contribution in [2.75, 3.05) is 0 Å². The Hall–Kier alpha value is -0.870. The molecule has 0 spiro atoms. The van der Waals surface area contributed by atoms with Gasteiger partial charge in [-0.1, -0.05) is 148 Å². The van der Waals surface area contributed by atoms with E-state index in [4.69, 9.17) is 10.5 Å². The summed E-state index contributed by atoms with van der Waals surface area (Å²) in [6, 6.07) is 9.37.